The van der Waals surface area contributed by atoms with Gasteiger partial charge in [0.15, 0.2) is 5.82 Å². The van der Waals surface area contributed by atoms with Crippen LogP contribution in [0.3, 0.4) is 0 Å². The van der Waals surface area contributed by atoms with Gasteiger partial charge in [0, 0.05) is 18.3 Å². The van der Waals surface area contributed by atoms with Gasteiger partial charge in [0.1, 0.15) is 5.02 Å². The predicted octanol–water partition coefficient (Wildman–Crippen LogP) is 4.19. The van der Waals surface area contributed by atoms with E-state index in [0.29, 0.717) is 23.9 Å². The average Bonchev–Trinajstić information content (AvgIpc) is 3.08. The van der Waals surface area contributed by atoms with Crippen molar-refractivity contribution >= 4 is 39.3 Å². The lowest BCUT2D eigenvalue weighted by Crippen LogP contribution is -2.16. The molecule has 1 aromatic carbocycles. The number of aromatic nitrogens is 4. The second-order valence-electron chi connectivity index (χ2n) is 6.01. The van der Waals surface area contributed by atoms with Gasteiger partial charge in [-0.2, -0.15) is 10.2 Å². The molecule has 0 unspecified atom stereocenters. The molecule has 0 atom stereocenters. The molecule has 3 rings (SSSR count). The number of aryl methyl sites for hydroxylation is 2. The van der Waals surface area contributed by atoms with Crippen LogP contribution in [-0.4, -0.2) is 25.5 Å². The fourth-order valence-electron chi connectivity index (χ4n) is 2.63. The van der Waals surface area contributed by atoms with Gasteiger partial charge >= 0.3 is 0 Å². The summed E-state index contributed by atoms with van der Waals surface area (Å²) >= 11 is 9.69. The minimum absolute atomic E-state index is 0.152. The summed E-state index contributed by atoms with van der Waals surface area (Å²) in [7, 11) is 0. The Morgan fingerprint density at radius 1 is 1.23 bits per heavy atom. The highest BCUT2D eigenvalue weighted by Crippen LogP contribution is 2.21. The van der Waals surface area contributed by atoms with Crippen LogP contribution in [0.1, 0.15) is 23.4 Å². The van der Waals surface area contributed by atoms with Gasteiger partial charge in [-0.25, -0.2) is 0 Å². The van der Waals surface area contributed by atoms with E-state index in [0.717, 1.165) is 21.4 Å². The van der Waals surface area contributed by atoms with Crippen molar-refractivity contribution in [3.8, 4) is 0 Å². The molecular formula is C18H19BrClN5O. The first-order valence-corrected chi connectivity index (χ1v) is 9.37. The molecule has 0 aliphatic heterocycles. The first-order chi connectivity index (χ1) is 12.4. The van der Waals surface area contributed by atoms with Crippen LogP contribution in [0, 0.1) is 13.8 Å². The summed E-state index contributed by atoms with van der Waals surface area (Å²) in [6.07, 6.45) is 2.00. The molecule has 0 spiro atoms. The lowest BCUT2D eigenvalue weighted by Gasteiger charge is -2.05. The Labute approximate surface area is 165 Å². The van der Waals surface area contributed by atoms with Gasteiger partial charge in [0.05, 0.1) is 23.3 Å². The highest BCUT2D eigenvalue weighted by atomic mass is 79.9. The number of rotatable bonds is 6. The van der Waals surface area contributed by atoms with E-state index in [4.69, 9.17) is 11.6 Å². The Kier molecular flexibility index (Phi) is 5.78. The lowest BCUT2D eigenvalue weighted by atomic mass is 10.2. The van der Waals surface area contributed by atoms with E-state index in [-0.39, 0.29) is 12.3 Å². The van der Waals surface area contributed by atoms with Crippen molar-refractivity contribution in [2.24, 2.45) is 0 Å². The van der Waals surface area contributed by atoms with Gasteiger partial charge in [-0.05, 0) is 35.3 Å². The second kappa shape index (κ2) is 8.05. The maximum Gasteiger partial charge on any atom is 0.227 e. The third-order valence-corrected chi connectivity index (χ3v) is 5.43. The zero-order valence-corrected chi connectivity index (χ0v) is 16.9. The summed E-state index contributed by atoms with van der Waals surface area (Å²) in [6.45, 7) is 4.97. The van der Waals surface area contributed by atoms with Crippen LogP contribution in [0.2, 0.25) is 5.02 Å². The number of nitrogens with zero attached hydrogens (tertiary/aromatic N) is 4. The molecule has 3 aromatic rings. The zero-order valence-electron chi connectivity index (χ0n) is 14.5. The number of hydrogen-bond donors (Lipinski definition) is 1. The molecule has 0 saturated carbocycles. The molecule has 1 N–H and O–H groups in total. The van der Waals surface area contributed by atoms with E-state index in [1.807, 2.05) is 48.9 Å². The summed E-state index contributed by atoms with van der Waals surface area (Å²) in [5.41, 5.74) is 3.02. The van der Waals surface area contributed by atoms with Gasteiger partial charge in [-0.3, -0.25) is 14.2 Å². The van der Waals surface area contributed by atoms with Gasteiger partial charge in [-0.15, -0.1) is 0 Å². The monoisotopic (exact) mass is 435 g/mol. The molecule has 6 nitrogen and oxygen atoms in total. The van der Waals surface area contributed by atoms with Gasteiger partial charge in [0.25, 0.3) is 0 Å². The van der Waals surface area contributed by atoms with Gasteiger partial charge in [0.2, 0.25) is 5.91 Å². The second-order valence-corrected chi connectivity index (χ2v) is 7.22. The Bertz CT molecular complexity index is 919. The van der Waals surface area contributed by atoms with E-state index >= 15 is 0 Å². The number of benzene rings is 1. The molecule has 2 aromatic heterocycles. The Morgan fingerprint density at radius 2 is 1.96 bits per heavy atom. The maximum absolute atomic E-state index is 12.2. The fourth-order valence-corrected chi connectivity index (χ4v) is 3.11. The maximum atomic E-state index is 12.2. The van der Waals surface area contributed by atoms with E-state index in [2.05, 4.69) is 31.4 Å². The molecule has 0 saturated heterocycles. The number of carbonyl (C=O) groups excluding carboxylic acids is 1. The van der Waals surface area contributed by atoms with E-state index in [1.54, 1.807) is 10.9 Å². The molecule has 0 radical (unpaired) electrons. The van der Waals surface area contributed by atoms with Crippen molar-refractivity contribution in [3.05, 3.63) is 63.0 Å². The number of carbonyl (C=O) groups is 1. The fraction of sp³-hybridized carbons (Fsp3) is 0.278. The zero-order chi connectivity index (χ0) is 18.7. The minimum atomic E-state index is -0.152. The van der Waals surface area contributed by atoms with Crippen LogP contribution in [0.15, 0.2) is 41.0 Å². The molecule has 0 aliphatic carbocycles. The SMILES string of the molecule is Cc1nn(CCC(=O)Nc2nn(Cc3ccccc3)cc2Cl)c(C)c1Br. The normalized spacial score (nSPS) is 10.9. The summed E-state index contributed by atoms with van der Waals surface area (Å²) in [5.74, 6) is 0.225. The lowest BCUT2D eigenvalue weighted by molar-refractivity contribution is -0.116. The Balaban J connectivity index is 1.60. The summed E-state index contributed by atoms with van der Waals surface area (Å²) in [6, 6.07) is 9.94. The molecule has 8 heteroatoms. The summed E-state index contributed by atoms with van der Waals surface area (Å²) < 4.78 is 4.50. The topological polar surface area (TPSA) is 64.7 Å². The molecule has 26 heavy (non-hydrogen) atoms. The molecule has 0 aliphatic rings. The van der Waals surface area contributed by atoms with Crippen molar-refractivity contribution in [1.29, 1.82) is 0 Å². The van der Waals surface area contributed by atoms with Gasteiger partial charge < -0.3 is 5.32 Å². The highest BCUT2D eigenvalue weighted by Gasteiger charge is 2.13. The van der Waals surface area contributed by atoms with E-state index < -0.39 is 0 Å². The third-order valence-electron chi connectivity index (χ3n) is 4.01. The van der Waals surface area contributed by atoms with Crippen molar-refractivity contribution < 1.29 is 4.79 Å². The van der Waals surface area contributed by atoms with Crippen LogP contribution >= 0.6 is 27.5 Å². The van der Waals surface area contributed by atoms with Gasteiger partial charge in [-0.1, -0.05) is 41.9 Å². The predicted molar refractivity (Wildman–Crippen MR) is 105 cm³/mol. The molecule has 0 fully saturated rings. The van der Waals surface area contributed by atoms with Crippen molar-refractivity contribution in [1.82, 2.24) is 19.6 Å². The van der Waals surface area contributed by atoms with Crippen LogP contribution < -0.4 is 5.32 Å². The number of nitrogens with one attached hydrogen (secondary N) is 1. The Hall–Kier alpha value is -2.12. The number of amides is 1. The summed E-state index contributed by atoms with van der Waals surface area (Å²) in [4.78, 5) is 12.2. The first kappa shape index (κ1) is 18.7. The van der Waals surface area contributed by atoms with Crippen LogP contribution in [0.25, 0.3) is 0 Å². The first-order valence-electron chi connectivity index (χ1n) is 8.20. The quantitative estimate of drug-likeness (QED) is 0.630. The number of hydrogen-bond acceptors (Lipinski definition) is 3. The number of anilines is 1. The average molecular weight is 437 g/mol. The van der Waals surface area contributed by atoms with Crippen molar-refractivity contribution in [2.45, 2.75) is 33.4 Å². The molecule has 2 heterocycles. The standard InChI is InChI=1S/C18H19BrClN5O/c1-12-17(19)13(2)25(22-12)9-8-16(26)21-18-15(20)11-24(23-18)10-14-6-4-3-5-7-14/h3-7,11H,8-10H2,1-2H3,(H,21,23,26). The Morgan fingerprint density at radius 3 is 2.62 bits per heavy atom. The van der Waals surface area contributed by atoms with Crippen molar-refractivity contribution in [2.75, 3.05) is 5.32 Å². The summed E-state index contributed by atoms with van der Waals surface area (Å²) in [5, 5.41) is 12.0. The largest absolute Gasteiger partial charge is 0.308 e. The van der Waals surface area contributed by atoms with E-state index in [9.17, 15) is 4.79 Å². The molecule has 1 amide bonds. The van der Waals surface area contributed by atoms with Crippen LogP contribution in [0.4, 0.5) is 5.82 Å². The molecule has 0 bridgehead atoms. The smallest absolute Gasteiger partial charge is 0.227 e. The van der Waals surface area contributed by atoms with Crippen LogP contribution in [0.5, 0.6) is 0 Å². The molecule has 136 valence electrons. The number of halogens is 2. The molecular weight excluding hydrogens is 418 g/mol. The van der Waals surface area contributed by atoms with Crippen LogP contribution in [-0.2, 0) is 17.9 Å². The van der Waals surface area contributed by atoms with E-state index in [1.165, 1.54) is 0 Å². The highest BCUT2D eigenvalue weighted by molar-refractivity contribution is 9.10. The third kappa shape index (κ3) is 4.34. The van der Waals surface area contributed by atoms with Crippen molar-refractivity contribution in [3.63, 3.8) is 0 Å². The minimum Gasteiger partial charge on any atom is -0.308 e.